The van der Waals surface area contributed by atoms with Crippen LogP contribution in [0.2, 0.25) is 9.36 Å². The van der Waals surface area contributed by atoms with Gasteiger partial charge in [-0.2, -0.15) is 0 Å². The largest absolute Gasteiger partial charge is 0.377 e. The van der Waals surface area contributed by atoms with E-state index in [4.69, 9.17) is 23.2 Å². The highest BCUT2D eigenvalue weighted by Crippen LogP contribution is 2.38. The Kier molecular flexibility index (Phi) is 2.58. The molecule has 0 saturated carbocycles. The van der Waals surface area contributed by atoms with Crippen molar-refractivity contribution in [2.24, 2.45) is 0 Å². The average molecular weight is 270 g/mol. The molecule has 1 aromatic carbocycles. The first-order valence-electron chi connectivity index (χ1n) is 5.02. The summed E-state index contributed by atoms with van der Waals surface area (Å²) in [5.74, 6) is 0. The van der Waals surface area contributed by atoms with Gasteiger partial charge >= 0.3 is 0 Å². The van der Waals surface area contributed by atoms with Crippen LogP contribution >= 0.6 is 34.5 Å². The van der Waals surface area contributed by atoms with Crippen LogP contribution in [0.3, 0.4) is 0 Å². The number of thiophene rings is 1. The summed E-state index contributed by atoms with van der Waals surface area (Å²) < 4.78 is 0.839. The normalized spacial score (nSPS) is 18.2. The van der Waals surface area contributed by atoms with Gasteiger partial charge < -0.3 is 5.32 Å². The van der Waals surface area contributed by atoms with Crippen LogP contribution in [0.4, 0.5) is 5.69 Å². The van der Waals surface area contributed by atoms with E-state index in [0.717, 1.165) is 15.8 Å². The lowest BCUT2D eigenvalue weighted by Crippen LogP contribution is -2.02. The van der Waals surface area contributed by atoms with E-state index in [9.17, 15) is 0 Å². The third-order valence-corrected chi connectivity index (χ3v) is 4.34. The summed E-state index contributed by atoms with van der Waals surface area (Å²) >= 11 is 13.5. The molecular weight excluding hydrogens is 261 g/mol. The second-order valence-corrected chi connectivity index (χ2v) is 6.03. The molecule has 2 heterocycles. The highest BCUT2D eigenvalue weighted by Gasteiger charge is 2.23. The van der Waals surface area contributed by atoms with E-state index >= 15 is 0 Å². The van der Waals surface area contributed by atoms with Crippen LogP contribution in [0.5, 0.6) is 0 Å². The van der Waals surface area contributed by atoms with Crippen LogP contribution in [0, 0.1) is 0 Å². The van der Waals surface area contributed by atoms with Crippen molar-refractivity contribution < 1.29 is 0 Å². The Morgan fingerprint density at radius 3 is 2.81 bits per heavy atom. The number of halogens is 2. The Labute approximate surface area is 108 Å². The zero-order valence-electron chi connectivity index (χ0n) is 8.34. The third kappa shape index (κ3) is 1.81. The fraction of sp³-hybridized carbons (Fsp3) is 0.167. The molecule has 82 valence electrons. The molecule has 0 radical (unpaired) electrons. The Bertz CT molecular complexity index is 536. The summed E-state index contributed by atoms with van der Waals surface area (Å²) in [4.78, 5) is 1.28. The van der Waals surface area contributed by atoms with E-state index in [1.807, 2.05) is 24.3 Å². The van der Waals surface area contributed by atoms with Gasteiger partial charge in [0.15, 0.2) is 0 Å². The standard InChI is InChI=1S/C12H9Cl2NS/c13-8-1-2-9-7(5-8)6-10(15-9)11-3-4-12(14)16-11/h1-5,10,15H,6H2. The molecule has 4 heteroatoms. The van der Waals surface area contributed by atoms with Crippen LogP contribution in [-0.2, 0) is 6.42 Å². The Morgan fingerprint density at radius 2 is 2.06 bits per heavy atom. The molecule has 1 N–H and O–H groups in total. The van der Waals surface area contributed by atoms with E-state index in [1.54, 1.807) is 11.3 Å². The van der Waals surface area contributed by atoms with Crippen LogP contribution in [0.1, 0.15) is 16.5 Å². The molecule has 0 aliphatic carbocycles. The fourth-order valence-electron chi connectivity index (χ4n) is 2.02. The lowest BCUT2D eigenvalue weighted by Gasteiger charge is -2.07. The SMILES string of the molecule is Clc1ccc2c(c1)CC(c1ccc(Cl)s1)N2. The van der Waals surface area contributed by atoms with Gasteiger partial charge in [-0.15, -0.1) is 11.3 Å². The summed E-state index contributed by atoms with van der Waals surface area (Å²) in [6, 6.07) is 10.3. The van der Waals surface area contributed by atoms with Crippen LogP contribution in [0.25, 0.3) is 0 Å². The second kappa shape index (κ2) is 3.95. The summed E-state index contributed by atoms with van der Waals surface area (Å²) in [5, 5.41) is 4.28. The maximum Gasteiger partial charge on any atom is 0.0932 e. The lowest BCUT2D eigenvalue weighted by molar-refractivity contribution is 0.843. The second-order valence-electron chi connectivity index (χ2n) is 3.84. The molecule has 0 bridgehead atoms. The van der Waals surface area contributed by atoms with Gasteiger partial charge in [-0.1, -0.05) is 23.2 Å². The van der Waals surface area contributed by atoms with Crippen LogP contribution in [-0.4, -0.2) is 0 Å². The van der Waals surface area contributed by atoms with Gasteiger partial charge in [0, 0.05) is 15.6 Å². The lowest BCUT2D eigenvalue weighted by atomic mass is 10.1. The van der Waals surface area contributed by atoms with Crippen molar-refractivity contribution in [1.82, 2.24) is 0 Å². The number of nitrogens with one attached hydrogen (secondary N) is 1. The highest BCUT2D eigenvalue weighted by atomic mass is 35.5. The van der Waals surface area contributed by atoms with Crippen molar-refractivity contribution in [1.29, 1.82) is 0 Å². The van der Waals surface area contributed by atoms with E-state index in [-0.39, 0.29) is 0 Å². The van der Waals surface area contributed by atoms with Gasteiger partial charge in [0.2, 0.25) is 0 Å². The maximum absolute atomic E-state index is 5.97. The van der Waals surface area contributed by atoms with Gasteiger partial charge in [0.1, 0.15) is 0 Å². The molecule has 0 amide bonds. The van der Waals surface area contributed by atoms with Gasteiger partial charge in [-0.25, -0.2) is 0 Å². The molecule has 1 unspecified atom stereocenters. The van der Waals surface area contributed by atoms with Crippen molar-refractivity contribution in [3.8, 4) is 0 Å². The zero-order chi connectivity index (χ0) is 11.1. The van der Waals surface area contributed by atoms with Gasteiger partial charge in [0.25, 0.3) is 0 Å². The summed E-state index contributed by atoms with van der Waals surface area (Å²) in [7, 11) is 0. The number of hydrogen-bond donors (Lipinski definition) is 1. The van der Waals surface area contributed by atoms with E-state index < -0.39 is 0 Å². The zero-order valence-corrected chi connectivity index (χ0v) is 10.7. The summed E-state index contributed by atoms with van der Waals surface area (Å²) in [6.45, 7) is 0. The van der Waals surface area contributed by atoms with Crippen molar-refractivity contribution in [2.75, 3.05) is 5.32 Å². The molecule has 1 atom stereocenters. The average Bonchev–Trinajstić information content (AvgIpc) is 2.83. The molecule has 1 aliphatic heterocycles. The predicted molar refractivity (Wildman–Crippen MR) is 70.8 cm³/mol. The molecule has 1 aliphatic rings. The molecule has 0 spiro atoms. The molecule has 16 heavy (non-hydrogen) atoms. The summed E-state index contributed by atoms with van der Waals surface area (Å²) in [6.07, 6.45) is 0.979. The van der Waals surface area contributed by atoms with E-state index in [0.29, 0.717) is 6.04 Å². The minimum Gasteiger partial charge on any atom is -0.377 e. The predicted octanol–water partition coefficient (Wildman–Crippen LogP) is 4.76. The summed E-state index contributed by atoms with van der Waals surface area (Å²) in [5.41, 5.74) is 2.46. The number of rotatable bonds is 1. The highest BCUT2D eigenvalue weighted by molar-refractivity contribution is 7.16. The number of hydrogen-bond acceptors (Lipinski definition) is 2. The van der Waals surface area contributed by atoms with Crippen LogP contribution < -0.4 is 5.32 Å². The molecule has 0 fully saturated rings. The topological polar surface area (TPSA) is 12.0 Å². The van der Waals surface area contributed by atoms with Crippen molar-refractivity contribution in [2.45, 2.75) is 12.5 Å². The van der Waals surface area contributed by atoms with Gasteiger partial charge in [-0.3, -0.25) is 0 Å². The molecule has 2 aromatic rings. The first-order chi connectivity index (χ1) is 7.72. The fourth-order valence-corrected chi connectivity index (χ4v) is 3.32. The first-order valence-corrected chi connectivity index (χ1v) is 6.60. The molecule has 1 nitrogen and oxygen atoms in total. The molecule has 0 saturated heterocycles. The maximum atomic E-state index is 5.97. The number of anilines is 1. The Hall–Kier alpha value is -0.700. The Balaban J connectivity index is 1.90. The monoisotopic (exact) mass is 269 g/mol. The van der Waals surface area contributed by atoms with Crippen molar-refractivity contribution in [3.63, 3.8) is 0 Å². The minimum atomic E-state index is 0.339. The van der Waals surface area contributed by atoms with E-state index in [2.05, 4.69) is 11.4 Å². The van der Waals surface area contributed by atoms with Gasteiger partial charge in [0.05, 0.1) is 10.4 Å². The van der Waals surface area contributed by atoms with E-state index in [1.165, 1.54) is 16.1 Å². The third-order valence-electron chi connectivity index (χ3n) is 2.76. The van der Waals surface area contributed by atoms with Gasteiger partial charge in [-0.05, 0) is 42.3 Å². The minimum absolute atomic E-state index is 0.339. The van der Waals surface area contributed by atoms with Crippen molar-refractivity contribution in [3.05, 3.63) is 50.1 Å². The Morgan fingerprint density at radius 1 is 1.19 bits per heavy atom. The molecule has 3 rings (SSSR count). The van der Waals surface area contributed by atoms with Crippen molar-refractivity contribution >= 4 is 40.2 Å². The first kappa shape index (κ1) is 10.5. The molecule has 1 aromatic heterocycles. The molecular formula is C12H9Cl2NS. The number of benzene rings is 1. The number of fused-ring (bicyclic) bond motifs is 1. The smallest absolute Gasteiger partial charge is 0.0932 e. The van der Waals surface area contributed by atoms with Crippen LogP contribution in [0.15, 0.2) is 30.3 Å². The quantitative estimate of drug-likeness (QED) is 0.787.